The van der Waals surface area contributed by atoms with Crippen molar-refractivity contribution < 1.29 is 17.6 Å². The maximum absolute atomic E-state index is 13.2. The van der Waals surface area contributed by atoms with E-state index in [1.165, 1.54) is 6.07 Å². The van der Waals surface area contributed by atoms with Gasteiger partial charge in [-0.25, -0.2) is 8.42 Å². The van der Waals surface area contributed by atoms with Crippen molar-refractivity contribution in [3.63, 3.8) is 0 Å². The quantitative estimate of drug-likeness (QED) is 0.861. The zero-order valence-corrected chi connectivity index (χ0v) is 16.0. The van der Waals surface area contributed by atoms with Crippen molar-refractivity contribution in [3.05, 3.63) is 23.4 Å². The lowest BCUT2D eigenvalue weighted by Crippen LogP contribution is -2.44. The van der Waals surface area contributed by atoms with Crippen molar-refractivity contribution in [2.75, 3.05) is 39.9 Å². The SMILES string of the molecule is Cc1[nH]nc(-c2ccc(S(=O)(=O)N3C[C@@H]4COC[C@H](C3)N(C)C4)o2)c1C. The van der Waals surface area contributed by atoms with Crippen LogP contribution in [-0.4, -0.2) is 73.8 Å². The first-order valence-corrected chi connectivity index (χ1v) is 10.2. The molecule has 8 nitrogen and oxygen atoms in total. The number of hydrogen-bond acceptors (Lipinski definition) is 6. The number of likely N-dealkylation sites (N-methyl/N-ethyl adjacent to an activating group) is 1. The zero-order chi connectivity index (χ0) is 18.5. The number of nitrogens with zero attached hydrogens (tertiary/aromatic N) is 3. The van der Waals surface area contributed by atoms with E-state index >= 15 is 0 Å². The maximum Gasteiger partial charge on any atom is 0.276 e. The topological polar surface area (TPSA) is 91.7 Å². The van der Waals surface area contributed by atoms with Crippen LogP contribution < -0.4 is 0 Å². The van der Waals surface area contributed by atoms with Crippen molar-refractivity contribution >= 4 is 10.0 Å². The number of aryl methyl sites for hydroxylation is 1. The van der Waals surface area contributed by atoms with E-state index in [4.69, 9.17) is 9.15 Å². The molecule has 4 heterocycles. The summed E-state index contributed by atoms with van der Waals surface area (Å²) in [5.41, 5.74) is 2.53. The number of furan rings is 1. The molecular formula is C17H24N4O4S. The summed E-state index contributed by atoms with van der Waals surface area (Å²) < 4.78 is 39.2. The van der Waals surface area contributed by atoms with E-state index in [1.54, 1.807) is 10.4 Å². The molecule has 4 rings (SSSR count). The highest BCUT2D eigenvalue weighted by molar-refractivity contribution is 7.89. The summed E-state index contributed by atoms with van der Waals surface area (Å²) in [6, 6.07) is 3.25. The Hall–Kier alpha value is -1.68. The second-order valence-electron chi connectivity index (χ2n) is 7.26. The molecule has 2 aliphatic heterocycles. The monoisotopic (exact) mass is 380 g/mol. The van der Waals surface area contributed by atoms with Crippen LogP contribution in [0, 0.1) is 19.8 Å². The first-order valence-electron chi connectivity index (χ1n) is 8.76. The number of aromatic nitrogens is 2. The van der Waals surface area contributed by atoms with Gasteiger partial charge in [0.05, 0.1) is 13.2 Å². The molecule has 1 N–H and O–H groups in total. The van der Waals surface area contributed by atoms with Crippen LogP contribution in [0.25, 0.3) is 11.5 Å². The minimum atomic E-state index is -3.70. The molecule has 0 spiro atoms. The third kappa shape index (κ3) is 2.98. The van der Waals surface area contributed by atoms with Gasteiger partial charge in [0.25, 0.3) is 10.0 Å². The van der Waals surface area contributed by atoms with Crippen LogP contribution >= 0.6 is 0 Å². The lowest BCUT2D eigenvalue weighted by Gasteiger charge is -2.28. The van der Waals surface area contributed by atoms with Gasteiger partial charge < -0.3 is 9.15 Å². The van der Waals surface area contributed by atoms with E-state index in [2.05, 4.69) is 15.1 Å². The van der Waals surface area contributed by atoms with E-state index in [0.29, 0.717) is 37.8 Å². The highest BCUT2D eigenvalue weighted by Crippen LogP contribution is 2.30. The summed E-state index contributed by atoms with van der Waals surface area (Å²) in [5.74, 6) is 0.619. The summed E-state index contributed by atoms with van der Waals surface area (Å²) in [7, 11) is -1.67. The third-order valence-corrected chi connectivity index (χ3v) is 7.08. The average Bonchev–Trinajstić information content (AvgIpc) is 3.09. The Kier molecular flexibility index (Phi) is 4.42. The highest BCUT2D eigenvalue weighted by Gasteiger charge is 2.38. The average molecular weight is 380 g/mol. The van der Waals surface area contributed by atoms with E-state index in [9.17, 15) is 8.42 Å². The molecule has 2 aromatic rings. The van der Waals surface area contributed by atoms with Crippen LogP contribution in [0.5, 0.6) is 0 Å². The van der Waals surface area contributed by atoms with Crippen molar-refractivity contribution in [3.8, 4) is 11.5 Å². The normalized spacial score (nSPS) is 25.3. The Balaban J connectivity index is 1.64. The van der Waals surface area contributed by atoms with Crippen LogP contribution in [0.15, 0.2) is 21.6 Å². The molecule has 2 bridgehead atoms. The Morgan fingerprint density at radius 1 is 1.19 bits per heavy atom. The molecule has 2 fully saturated rings. The molecule has 2 aromatic heterocycles. The Morgan fingerprint density at radius 3 is 2.73 bits per heavy atom. The molecule has 142 valence electrons. The lowest BCUT2D eigenvalue weighted by molar-refractivity contribution is 0.0724. The van der Waals surface area contributed by atoms with Crippen LogP contribution in [-0.2, 0) is 14.8 Å². The Bertz CT molecular complexity index is 904. The summed E-state index contributed by atoms with van der Waals surface area (Å²) in [4.78, 5) is 2.19. The summed E-state index contributed by atoms with van der Waals surface area (Å²) in [6.45, 7) is 6.67. The van der Waals surface area contributed by atoms with Gasteiger partial charge in [-0.3, -0.25) is 10.00 Å². The fourth-order valence-corrected chi connectivity index (χ4v) is 5.11. The van der Waals surface area contributed by atoms with E-state index < -0.39 is 10.0 Å². The number of ether oxygens (including phenoxy) is 1. The summed E-state index contributed by atoms with van der Waals surface area (Å²) >= 11 is 0. The van der Waals surface area contributed by atoms with Gasteiger partial charge in [-0.15, -0.1) is 0 Å². The molecule has 0 unspecified atom stereocenters. The smallest absolute Gasteiger partial charge is 0.276 e. The van der Waals surface area contributed by atoms with Crippen LogP contribution in [0.3, 0.4) is 0 Å². The number of H-pyrrole nitrogens is 1. The molecule has 0 saturated carbocycles. The molecule has 2 aliphatic rings. The van der Waals surface area contributed by atoms with E-state index in [0.717, 1.165) is 17.8 Å². The van der Waals surface area contributed by atoms with Crippen molar-refractivity contribution in [2.24, 2.45) is 5.92 Å². The number of rotatable bonds is 3. The van der Waals surface area contributed by atoms with Gasteiger partial charge in [0, 0.05) is 42.9 Å². The molecule has 0 aromatic carbocycles. The van der Waals surface area contributed by atoms with Crippen molar-refractivity contribution in [1.82, 2.24) is 19.4 Å². The Labute approximate surface area is 153 Å². The fraction of sp³-hybridized carbons (Fsp3) is 0.588. The highest BCUT2D eigenvalue weighted by atomic mass is 32.2. The predicted octanol–water partition coefficient (Wildman–Crippen LogP) is 1.24. The molecule has 0 amide bonds. The molecule has 0 radical (unpaired) electrons. The third-order valence-electron chi connectivity index (χ3n) is 5.37. The van der Waals surface area contributed by atoms with Gasteiger partial charge in [0.2, 0.25) is 5.09 Å². The fourth-order valence-electron chi connectivity index (χ4n) is 3.64. The van der Waals surface area contributed by atoms with E-state index in [1.807, 2.05) is 20.9 Å². The van der Waals surface area contributed by atoms with Gasteiger partial charge in [-0.05, 0) is 33.0 Å². The molecule has 2 saturated heterocycles. The van der Waals surface area contributed by atoms with Crippen LogP contribution in [0.2, 0.25) is 0 Å². The summed E-state index contributed by atoms with van der Waals surface area (Å²) in [6.07, 6.45) is 0. The second-order valence-corrected chi connectivity index (χ2v) is 9.13. The van der Waals surface area contributed by atoms with Gasteiger partial charge >= 0.3 is 0 Å². The zero-order valence-electron chi connectivity index (χ0n) is 15.2. The van der Waals surface area contributed by atoms with Crippen molar-refractivity contribution in [1.29, 1.82) is 0 Å². The molecule has 26 heavy (non-hydrogen) atoms. The Morgan fingerprint density at radius 2 is 2.00 bits per heavy atom. The standard InChI is InChI=1S/C17H24N4O4S/c1-11-12(2)18-19-17(11)15-4-5-16(25-15)26(22,23)21-7-13-6-20(3)14(8-21)10-24-9-13/h4-5,13-14H,6-10H2,1-3H3,(H,18,19)/t13-,14+/m1/s1. The number of aromatic amines is 1. The second kappa shape index (κ2) is 6.49. The van der Waals surface area contributed by atoms with Gasteiger partial charge in [0.1, 0.15) is 5.69 Å². The van der Waals surface area contributed by atoms with Crippen LogP contribution in [0.1, 0.15) is 11.3 Å². The van der Waals surface area contributed by atoms with E-state index in [-0.39, 0.29) is 17.1 Å². The van der Waals surface area contributed by atoms with Gasteiger partial charge in [0.15, 0.2) is 5.76 Å². The molecular weight excluding hydrogens is 356 g/mol. The largest absolute Gasteiger partial charge is 0.442 e. The predicted molar refractivity (Wildman–Crippen MR) is 95.2 cm³/mol. The van der Waals surface area contributed by atoms with Gasteiger partial charge in [-0.1, -0.05) is 0 Å². The number of sulfonamides is 1. The van der Waals surface area contributed by atoms with Crippen molar-refractivity contribution in [2.45, 2.75) is 25.0 Å². The minimum absolute atomic E-state index is 0.0314. The summed E-state index contributed by atoms with van der Waals surface area (Å²) in [5, 5.41) is 7.08. The van der Waals surface area contributed by atoms with Gasteiger partial charge in [-0.2, -0.15) is 9.40 Å². The van der Waals surface area contributed by atoms with Crippen LogP contribution in [0.4, 0.5) is 0 Å². The molecule has 9 heteroatoms. The number of fused-ring (bicyclic) bond motifs is 3. The maximum atomic E-state index is 13.2. The first-order chi connectivity index (χ1) is 12.4. The number of hydrogen-bond donors (Lipinski definition) is 1. The lowest BCUT2D eigenvalue weighted by atomic mass is 10.1. The number of nitrogens with one attached hydrogen (secondary N) is 1. The first kappa shape index (κ1) is 17.7. The minimum Gasteiger partial charge on any atom is -0.442 e. The molecule has 0 aliphatic carbocycles. The molecule has 2 atom stereocenters.